The first-order chi connectivity index (χ1) is 11.3. The first-order valence-corrected chi connectivity index (χ1v) is 7.60. The maximum Gasteiger partial charge on any atom is 0.416 e. The van der Waals surface area contributed by atoms with Crippen molar-refractivity contribution in [2.75, 3.05) is 25.0 Å². The van der Waals surface area contributed by atoms with Crippen LogP contribution < -0.4 is 5.32 Å². The third-order valence-electron chi connectivity index (χ3n) is 3.70. The van der Waals surface area contributed by atoms with Crippen molar-refractivity contribution in [1.29, 1.82) is 0 Å². The fraction of sp³-hybridized carbons (Fsp3) is 0.500. The number of carbonyl (C=O) groups excluding carboxylic acids is 2. The van der Waals surface area contributed by atoms with E-state index in [9.17, 15) is 22.8 Å². The zero-order valence-electron chi connectivity index (χ0n) is 13.2. The lowest BCUT2D eigenvalue weighted by Crippen LogP contribution is -2.41. The summed E-state index contributed by atoms with van der Waals surface area (Å²) in [7, 11) is 0. The standard InChI is InChI=1S/C16H19F3N2O3/c1-11(22)21(9-14-6-3-7-24-14)10-15(23)20-13-5-2-4-12(8-13)16(17,18)19/h2,4-5,8,14H,3,6-7,9-10H2,1H3,(H,20,23). The van der Waals surface area contributed by atoms with E-state index >= 15 is 0 Å². The van der Waals surface area contributed by atoms with Gasteiger partial charge >= 0.3 is 6.18 Å². The van der Waals surface area contributed by atoms with E-state index in [0.717, 1.165) is 25.0 Å². The van der Waals surface area contributed by atoms with E-state index in [4.69, 9.17) is 4.74 Å². The van der Waals surface area contributed by atoms with Crippen LogP contribution in [0.2, 0.25) is 0 Å². The Kier molecular flexibility index (Phi) is 5.82. The summed E-state index contributed by atoms with van der Waals surface area (Å²) in [5, 5.41) is 2.39. The molecule has 1 aromatic rings. The van der Waals surface area contributed by atoms with Crippen molar-refractivity contribution in [2.45, 2.75) is 32.0 Å². The summed E-state index contributed by atoms with van der Waals surface area (Å²) >= 11 is 0. The number of anilines is 1. The molecule has 1 aliphatic rings. The Balaban J connectivity index is 1.96. The van der Waals surface area contributed by atoms with Crippen molar-refractivity contribution in [3.05, 3.63) is 29.8 Å². The molecule has 1 atom stereocenters. The minimum absolute atomic E-state index is 0.0374. The summed E-state index contributed by atoms with van der Waals surface area (Å²) in [5.74, 6) is -0.841. The van der Waals surface area contributed by atoms with E-state index in [1.165, 1.54) is 24.0 Å². The van der Waals surface area contributed by atoms with Gasteiger partial charge in [0.05, 0.1) is 18.2 Å². The van der Waals surface area contributed by atoms with Gasteiger partial charge in [-0.05, 0) is 31.0 Å². The number of benzene rings is 1. The van der Waals surface area contributed by atoms with Crippen LogP contribution >= 0.6 is 0 Å². The van der Waals surface area contributed by atoms with Gasteiger partial charge in [-0.25, -0.2) is 0 Å². The Hall–Kier alpha value is -2.09. The minimum atomic E-state index is -4.48. The molecule has 1 aromatic carbocycles. The molecule has 0 saturated carbocycles. The molecule has 0 aromatic heterocycles. The van der Waals surface area contributed by atoms with Crippen molar-refractivity contribution >= 4 is 17.5 Å². The molecule has 1 unspecified atom stereocenters. The highest BCUT2D eigenvalue weighted by Gasteiger charge is 2.30. The predicted molar refractivity (Wildman–Crippen MR) is 81.3 cm³/mol. The number of hydrogen-bond donors (Lipinski definition) is 1. The third kappa shape index (κ3) is 5.23. The molecule has 0 aliphatic carbocycles. The summed E-state index contributed by atoms with van der Waals surface area (Å²) in [6.45, 7) is 2.04. The lowest BCUT2D eigenvalue weighted by molar-refractivity contribution is -0.137. The van der Waals surface area contributed by atoms with Crippen LogP contribution in [0, 0.1) is 0 Å². The number of rotatable bonds is 5. The highest BCUT2D eigenvalue weighted by atomic mass is 19.4. The number of carbonyl (C=O) groups is 2. The van der Waals surface area contributed by atoms with E-state index in [0.29, 0.717) is 13.2 Å². The molecule has 1 fully saturated rings. The van der Waals surface area contributed by atoms with Crippen LogP contribution in [-0.4, -0.2) is 42.5 Å². The SMILES string of the molecule is CC(=O)N(CC(=O)Nc1cccc(C(F)(F)F)c1)CC1CCCO1. The van der Waals surface area contributed by atoms with Crippen molar-refractivity contribution < 1.29 is 27.5 Å². The lowest BCUT2D eigenvalue weighted by Gasteiger charge is -2.23. The molecule has 2 amide bonds. The molecule has 0 radical (unpaired) electrons. The van der Waals surface area contributed by atoms with Gasteiger partial charge in [0.2, 0.25) is 11.8 Å². The van der Waals surface area contributed by atoms with Gasteiger partial charge in [-0.15, -0.1) is 0 Å². The summed E-state index contributed by atoms with van der Waals surface area (Å²) in [5.41, 5.74) is -0.807. The minimum Gasteiger partial charge on any atom is -0.376 e. The van der Waals surface area contributed by atoms with Crippen LogP contribution in [0.1, 0.15) is 25.3 Å². The van der Waals surface area contributed by atoms with Gasteiger partial charge in [0.25, 0.3) is 0 Å². The Bertz CT molecular complexity index is 598. The Morgan fingerprint density at radius 3 is 2.71 bits per heavy atom. The summed E-state index contributed by atoms with van der Waals surface area (Å²) in [6, 6.07) is 4.37. The molecule has 0 bridgehead atoms. The average molecular weight is 344 g/mol. The number of nitrogens with one attached hydrogen (secondary N) is 1. The van der Waals surface area contributed by atoms with Crippen LogP contribution in [0.4, 0.5) is 18.9 Å². The van der Waals surface area contributed by atoms with E-state index in [-0.39, 0.29) is 24.2 Å². The molecule has 1 saturated heterocycles. The zero-order chi connectivity index (χ0) is 17.7. The van der Waals surface area contributed by atoms with Crippen LogP contribution in [0.3, 0.4) is 0 Å². The summed E-state index contributed by atoms with van der Waals surface area (Å²) in [4.78, 5) is 25.0. The highest BCUT2D eigenvalue weighted by Crippen LogP contribution is 2.30. The number of alkyl halides is 3. The second-order valence-corrected chi connectivity index (χ2v) is 5.66. The van der Waals surface area contributed by atoms with Crippen LogP contribution in [0.15, 0.2) is 24.3 Å². The smallest absolute Gasteiger partial charge is 0.376 e. The molecule has 2 rings (SSSR count). The largest absolute Gasteiger partial charge is 0.416 e. The van der Waals surface area contributed by atoms with E-state index in [1.807, 2.05) is 0 Å². The molecule has 1 N–H and O–H groups in total. The van der Waals surface area contributed by atoms with Crippen molar-refractivity contribution in [3.8, 4) is 0 Å². The maximum absolute atomic E-state index is 12.7. The molecule has 132 valence electrons. The molecular formula is C16H19F3N2O3. The second-order valence-electron chi connectivity index (χ2n) is 5.66. The summed E-state index contributed by atoms with van der Waals surface area (Å²) in [6.07, 6.45) is -2.85. The van der Waals surface area contributed by atoms with Crippen LogP contribution in [0.25, 0.3) is 0 Å². The molecule has 5 nitrogen and oxygen atoms in total. The van der Waals surface area contributed by atoms with Crippen molar-refractivity contribution in [1.82, 2.24) is 4.90 Å². The number of ether oxygens (including phenoxy) is 1. The van der Waals surface area contributed by atoms with Crippen molar-refractivity contribution in [3.63, 3.8) is 0 Å². The van der Waals surface area contributed by atoms with E-state index in [2.05, 4.69) is 5.32 Å². The number of amides is 2. The van der Waals surface area contributed by atoms with E-state index in [1.54, 1.807) is 0 Å². The molecule has 1 heterocycles. The quantitative estimate of drug-likeness (QED) is 0.893. The van der Waals surface area contributed by atoms with Gasteiger partial charge in [0.15, 0.2) is 0 Å². The van der Waals surface area contributed by atoms with Gasteiger partial charge in [-0.3, -0.25) is 9.59 Å². The first-order valence-electron chi connectivity index (χ1n) is 7.60. The second kappa shape index (κ2) is 7.65. The van der Waals surface area contributed by atoms with Gasteiger partial charge < -0.3 is 15.0 Å². The van der Waals surface area contributed by atoms with Crippen LogP contribution in [0.5, 0.6) is 0 Å². The topological polar surface area (TPSA) is 58.6 Å². The monoisotopic (exact) mass is 344 g/mol. The van der Waals surface area contributed by atoms with Crippen LogP contribution in [-0.2, 0) is 20.5 Å². The number of nitrogens with zero attached hydrogens (tertiary/aromatic N) is 1. The number of halogens is 3. The van der Waals surface area contributed by atoms with E-state index < -0.39 is 17.6 Å². The average Bonchev–Trinajstić information content (AvgIpc) is 2.99. The summed E-state index contributed by atoms with van der Waals surface area (Å²) < 4.78 is 43.4. The molecular weight excluding hydrogens is 325 g/mol. The molecule has 0 spiro atoms. The normalized spacial score (nSPS) is 17.6. The van der Waals surface area contributed by atoms with Gasteiger partial charge in [-0.1, -0.05) is 6.07 Å². The molecule has 1 aliphatic heterocycles. The van der Waals surface area contributed by atoms with Gasteiger partial charge in [0, 0.05) is 25.8 Å². The van der Waals surface area contributed by atoms with Crippen molar-refractivity contribution in [2.24, 2.45) is 0 Å². The highest BCUT2D eigenvalue weighted by molar-refractivity contribution is 5.94. The fourth-order valence-electron chi connectivity index (χ4n) is 2.49. The molecule has 8 heteroatoms. The third-order valence-corrected chi connectivity index (χ3v) is 3.70. The predicted octanol–water partition coefficient (Wildman–Crippen LogP) is 2.67. The maximum atomic E-state index is 12.7. The molecule has 24 heavy (non-hydrogen) atoms. The fourth-order valence-corrected chi connectivity index (χ4v) is 2.49. The Morgan fingerprint density at radius 1 is 1.38 bits per heavy atom. The van der Waals surface area contributed by atoms with Gasteiger partial charge in [0.1, 0.15) is 0 Å². The number of hydrogen-bond acceptors (Lipinski definition) is 3. The Labute approximate surface area is 137 Å². The van der Waals surface area contributed by atoms with Gasteiger partial charge in [-0.2, -0.15) is 13.2 Å². The lowest BCUT2D eigenvalue weighted by atomic mass is 10.2. The Morgan fingerprint density at radius 2 is 2.12 bits per heavy atom. The zero-order valence-corrected chi connectivity index (χ0v) is 13.2. The first kappa shape index (κ1) is 18.3.